The van der Waals surface area contributed by atoms with E-state index in [9.17, 15) is 0 Å². The van der Waals surface area contributed by atoms with Crippen LogP contribution in [0.15, 0.2) is 24.3 Å². The molecule has 0 fully saturated rings. The lowest BCUT2D eigenvalue weighted by Gasteiger charge is -1.99. The van der Waals surface area contributed by atoms with Gasteiger partial charge in [0.1, 0.15) is 0 Å². The predicted octanol–water partition coefficient (Wildman–Crippen LogP) is 2.00. The minimum atomic E-state index is 0.483. The summed E-state index contributed by atoms with van der Waals surface area (Å²) in [5, 5.41) is 0. The fourth-order valence-electron chi connectivity index (χ4n) is 1.21. The molecule has 0 aromatic heterocycles. The predicted molar refractivity (Wildman–Crippen MR) is 54.1 cm³/mol. The van der Waals surface area contributed by atoms with E-state index < -0.39 is 0 Å². The summed E-state index contributed by atoms with van der Waals surface area (Å²) in [7, 11) is 0. The van der Waals surface area contributed by atoms with Crippen LogP contribution < -0.4 is 5.73 Å². The summed E-state index contributed by atoms with van der Waals surface area (Å²) >= 11 is 0. The first kappa shape index (κ1) is 9.76. The third-order valence-electron chi connectivity index (χ3n) is 1.95. The summed E-state index contributed by atoms with van der Waals surface area (Å²) in [5.41, 5.74) is 7.81. The quantitative estimate of drug-likeness (QED) is 0.695. The van der Waals surface area contributed by atoms with Gasteiger partial charge >= 0.3 is 0 Å². The molecule has 0 aliphatic heterocycles. The Labute approximate surface area is 79.2 Å². The van der Waals surface area contributed by atoms with Crippen LogP contribution in [-0.4, -0.2) is 6.54 Å². The largest absolute Gasteiger partial charge is 0.330 e. The zero-order valence-electron chi connectivity index (χ0n) is 7.66. The van der Waals surface area contributed by atoms with E-state index in [1.54, 1.807) is 0 Å². The van der Waals surface area contributed by atoms with Gasteiger partial charge in [0.15, 0.2) is 0 Å². The molecule has 0 aliphatic rings. The smallest absolute Gasteiger partial charge is 0.239 e. The maximum absolute atomic E-state index is 6.71. The summed E-state index contributed by atoms with van der Waals surface area (Å²) in [4.78, 5) is 3.33. The molecule has 2 heteroatoms. The Morgan fingerprint density at radius 1 is 1.15 bits per heavy atom. The molecule has 0 spiro atoms. The summed E-state index contributed by atoms with van der Waals surface area (Å²) < 4.78 is 0. The summed E-state index contributed by atoms with van der Waals surface area (Å²) in [6.07, 6.45) is 2.07. The van der Waals surface area contributed by atoms with E-state index in [2.05, 4.69) is 17.0 Å². The highest BCUT2D eigenvalue weighted by Crippen LogP contribution is 2.07. The fraction of sp³-hybridized carbons (Fsp3) is 0.364. The van der Waals surface area contributed by atoms with Gasteiger partial charge in [-0.1, -0.05) is 24.3 Å². The van der Waals surface area contributed by atoms with Crippen molar-refractivity contribution >= 4 is 0 Å². The number of nitrogens with zero attached hydrogens (tertiary/aromatic N) is 1. The van der Waals surface area contributed by atoms with Gasteiger partial charge in [0.05, 0.1) is 0 Å². The topological polar surface area (TPSA) is 30.4 Å². The van der Waals surface area contributed by atoms with Gasteiger partial charge in [0, 0.05) is 5.56 Å². The molecule has 0 saturated carbocycles. The summed E-state index contributed by atoms with van der Waals surface area (Å²) in [6.45, 7) is 7.94. The Balaban J connectivity index is 2.55. The van der Waals surface area contributed by atoms with Crippen LogP contribution in [0.4, 0.5) is 0 Å². The normalized spacial score (nSPS) is 9.54. The van der Waals surface area contributed by atoms with E-state index in [-0.39, 0.29) is 0 Å². The Morgan fingerprint density at radius 3 is 2.31 bits per heavy atom. The lowest BCUT2D eigenvalue weighted by atomic mass is 10.1. The van der Waals surface area contributed by atoms with Gasteiger partial charge in [-0.25, -0.2) is 6.57 Å². The Bertz CT molecular complexity index is 282. The molecule has 0 bridgehead atoms. The maximum atomic E-state index is 6.71. The van der Waals surface area contributed by atoms with Crippen LogP contribution in [0.3, 0.4) is 0 Å². The number of aryl methyl sites for hydroxylation is 1. The van der Waals surface area contributed by atoms with Gasteiger partial charge in [-0.05, 0) is 24.9 Å². The van der Waals surface area contributed by atoms with Crippen molar-refractivity contribution in [3.05, 3.63) is 46.8 Å². The van der Waals surface area contributed by atoms with Crippen molar-refractivity contribution in [3.63, 3.8) is 0 Å². The molecule has 13 heavy (non-hydrogen) atoms. The van der Waals surface area contributed by atoms with Crippen LogP contribution in [-0.2, 0) is 13.0 Å². The standard InChI is InChI=1S/C11H14N2/c1-13-9-11-6-4-10(5-7-11)3-2-8-12/h4-7H,2-3,8-9,12H2. The van der Waals surface area contributed by atoms with Crippen LogP contribution in [0.2, 0.25) is 0 Å². The molecule has 0 saturated heterocycles. The third-order valence-corrected chi connectivity index (χ3v) is 1.95. The van der Waals surface area contributed by atoms with Crippen LogP contribution in [0.25, 0.3) is 4.85 Å². The fourth-order valence-corrected chi connectivity index (χ4v) is 1.21. The van der Waals surface area contributed by atoms with Crippen molar-refractivity contribution < 1.29 is 0 Å². The molecule has 68 valence electrons. The molecule has 2 N–H and O–H groups in total. The maximum Gasteiger partial charge on any atom is 0.239 e. The van der Waals surface area contributed by atoms with Gasteiger partial charge in [0.2, 0.25) is 6.54 Å². The van der Waals surface area contributed by atoms with Crippen LogP contribution in [0.1, 0.15) is 17.5 Å². The van der Waals surface area contributed by atoms with E-state index in [1.165, 1.54) is 5.56 Å². The molecular weight excluding hydrogens is 160 g/mol. The summed E-state index contributed by atoms with van der Waals surface area (Å²) in [5.74, 6) is 0. The van der Waals surface area contributed by atoms with E-state index in [1.807, 2.05) is 12.1 Å². The first-order valence-corrected chi connectivity index (χ1v) is 4.48. The molecule has 0 atom stereocenters. The highest BCUT2D eigenvalue weighted by Gasteiger charge is 1.95. The van der Waals surface area contributed by atoms with Crippen molar-refractivity contribution in [2.45, 2.75) is 19.4 Å². The lowest BCUT2D eigenvalue weighted by molar-refractivity contribution is 0.832. The second kappa shape index (κ2) is 5.34. The average molecular weight is 174 g/mol. The highest BCUT2D eigenvalue weighted by molar-refractivity contribution is 5.23. The van der Waals surface area contributed by atoms with Gasteiger partial charge in [0.25, 0.3) is 0 Å². The second-order valence-corrected chi connectivity index (χ2v) is 3.02. The SMILES string of the molecule is [C-]#[N+]Cc1ccc(CCCN)cc1. The molecule has 1 aromatic rings. The van der Waals surface area contributed by atoms with Crippen molar-refractivity contribution in [2.24, 2.45) is 5.73 Å². The number of hydrogen-bond donors (Lipinski definition) is 1. The van der Waals surface area contributed by atoms with E-state index in [0.717, 1.165) is 24.9 Å². The van der Waals surface area contributed by atoms with E-state index in [0.29, 0.717) is 6.54 Å². The minimum Gasteiger partial charge on any atom is -0.330 e. The molecule has 0 unspecified atom stereocenters. The number of hydrogen-bond acceptors (Lipinski definition) is 1. The number of rotatable bonds is 4. The average Bonchev–Trinajstić information content (AvgIpc) is 2.17. The van der Waals surface area contributed by atoms with Crippen molar-refractivity contribution in [3.8, 4) is 0 Å². The molecule has 1 aromatic carbocycles. The molecule has 0 heterocycles. The first-order valence-electron chi connectivity index (χ1n) is 4.48. The molecule has 1 rings (SSSR count). The zero-order chi connectivity index (χ0) is 9.52. The molecule has 2 nitrogen and oxygen atoms in total. The molecular formula is C11H14N2. The summed E-state index contributed by atoms with van der Waals surface area (Å²) in [6, 6.07) is 8.19. The van der Waals surface area contributed by atoms with Gasteiger partial charge in [-0.2, -0.15) is 0 Å². The third kappa shape index (κ3) is 3.27. The number of nitrogens with two attached hydrogens (primary N) is 1. The minimum absolute atomic E-state index is 0.483. The molecule has 0 aliphatic carbocycles. The van der Waals surface area contributed by atoms with Gasteiger partial charge in [-0.15, -0.1) is 0 Å². The van der Waals surface area contributed by atoms with Crippen LogP contribution in [0.5, 0.6) is 0 Å². The highest BCUT2D eigenvalue weighted by atomic mass is 14.6. The lowest BCUT2D eigenvalue weighted by Crippen LogP contribution is -2.00. The zero-order valence-corrected chi connectivity index (χ0v) is 7.66. The Hall–Kier alpha value is -1.33. The van der Waals surface area contributed by atoms with E-state index in [4.69, 9.17) is 12.3 Å². The Kier molecular flexibility index (Phi) is 4.01. The van der Waals surface area contributed by atoms with Gasteiger partial charge < -0.3 is 10.6 Å². The van der Waals surface area contributed by atoms with E-state index >= 15 is 0 Å². The van der Waals surface area contributed by atoms with Crippen molar-refractivity contribution in [1.82, 2.24) is 0 Å². The molecule has 0 radical (unpaired) electrons. The van der Waals surface area contributed by atoms with Crippen LogP contribution >= 0.6 is 0 Å². The monoisotopic (exact) mass is 174 g/mol. The number of benzene rings is 1. The second-order valence-electron chi connectivity index (χ2n) is 3.02. The van der Waals surface area contributed by atoms with Crippen molar-refractivity contribution in [1.29, 1.82) is 0 Å². The van der Waals surface area contributed by atoms with Gasteiger partial charge in [-0.3, -0.25) is 0 Å². The first-order chi connectivity index (χ1) is 6.36. The Morgan fingerprint density at radius 2 is 1.77 bits per heavy atom. The van der Waals surface area contributed by atoms with Crippen molar-refractivity contribution in [2.75, 3.05) is 6.54 Å². The van der Waals surface area contributed by atoms with Crippen LogP contribution in [0, 0.1) is 6.57 Å². The molecule has 0 amide bonds.